The molecule has 10 nitrogen and oxygen atoms in total. The van der Waals surface area contributed by atoms with Gasteiger partial charge in [-0.2, -0.15) is 22.7 Å². The number of fused-ring (bicyclic) bond motifs is 2. The quantitative estimate of drug-likeness (QED) is 0.275. The van der Waals surface area contributed by atoms with E-state index >= 15 is 0 Å². The molecule has 0 aliphatic carbocycles. The molecule has 3 aromatic heterocycles. The van der Waals surface area contributed by atoms with E-state index < -0.39 is 22.6 Å². The second-order valence-electron chi connectivity index (χ2n) is 12.2. The fourth-order valence-electron chi connectivity index (χ4n) is 6.53. The summed E-state index contributed by atoms with van der Waals surface area (Å²) >= 11 is 1.06. The fraction of sp³-hybridized carbons (Fsp3) is 0.516. The normalized spacial score (nSPS) is 18.0. The second kappa shape index (κ2) is 13.1. The van der Waals surface area contributed by atoms with Crippen LogP contribution in [0.1, 0.15) is 34.5 Å². The van der Waals surface area contributed by atoms with Crippen LogP contribution in [0.4, 0.5) is 19.0 Å². The number of piperazine rings is 1. The van der Waals surface area contributed by atoms with E-state index in [2.05, 4.69) is 54.8 Å². The van der Waals surface area contributed by atoms with Gasteiger partial charge in [0.15, 0.2) is 0 Å². The van der Waals surface area contributed by atoms with Crippen molar-refractivity contribution in [3.8, 4) is 6.07 Å². The van der Waals surface area contributed by atoms with Crippen molar-refractivity contribution in [1.82, 2.24) is 28.6 Å². The van der Waals surface area contributed by atoms with Crippen molar-refractivity contribution < 1.29 is 21.6 Å². The van der Waals surface area contributed by atoms with Crippen molar-refractivity contribution in [2.45, 2.75) is 51.5 Å². The number of aromatic nitrogens is 3. The number of sulfonamides is 1. The number of hydrogen-bond donors (Lipinski definition) is 1. The van der Waals surface area contributed by atoms with Gasteiger partial charge in [0.25, 0.3) is 0 Å². The average Bonchev–Trinajstić information content (AvgIpc) is 3.58. The zero-order valence-electron chi connectivity index (χ0n) is 25.8. The topological polar surface area (TPSA) is 110 Å². The maximum atomic E-state index is 12.9. The maximum Gasteiger partial charge on any atom is 0.393 e. The first-order chi connectivity index (χ1) is 21.9. The van der Waals surface area contributed by atoms with Crippen molar-refractivity contribution in [3.05, 3.63) is 52.3 Å². The van der Waals surface area contributed by atoms with E-state index in [1.165, 1.54) is 22.5 Å². The first-order valence-electron chi connectivity index (χ1n) is 15.4. The molecule has 1 aromatic carbocycles. The first-order valence-corrected chi connectivity index (χ1v) is 18.0. The van der Waals surface area contributed by atoms with Gasteiger partial charge in [-0.3, -0.25) is 9.80 Å². The lowest BCUT2D eigenvalue weighted by molar-refractivity contribution is -0.126. The molecular formula is C31H37F3N8O2S2. The molecule has 0 saturated carbocycles. The van der Waals surface area contributed by atoms with E-state index in [1.54, 1.807) is 6.07 Å². The van der Waals surface area contributed by atoms with Gasteiger partial charge in [0.05, 0.1) is 18.1 Å². The molecule has 1 N–H and O–H groups in total. The molecular weight excluding hydrogens is 638 g/mol. The lowest BCUT2D eigenvalue weighted by Crippen LogP contribution is -2.48. The maximum absolute atomic E-state index is 12.9. The molecule has 0 amide bonds. The number of thiophene rings is 1. The number of piperidine rings is 1. The van der Waals surface area contributed by atoms with Crippen LogP contribution in [0.5, 0.6) is 0 Å². The standard InChI is InChI=1S/C31H37F3N8O2S2/c1-21-22(3-4-28-26(21)15-24(18-35)42(28)14-11-39-9-12-41(13-10-39)46(2,43)44)19-40-7-5-23(6-8-40)38-29-27-16-25(17-31(32,33)34)45-30(27)37-20-36-29/h3-4,15-16,20,23H,5-14,17,19H2,1-2H3,(H,36,37,38). The number of alkyl halides is 3. The highest BCUT2D eigenvalue weighted by Gasteiger charge is 2.29. The van der Waals surface area contributed by atoms with E-state index in [4.69, 9.17) is 0 Å². The predicted molar refractivity (Wildman–Crippen MR) is 173 cm³/mol. The van der Waals surface area contributed by atoms with Gasteiger partial charge < -0.3 is 9.88 Å². The van der Waals surface area contributed by atoms with Crippen molar-refractivity contribution in [3.63, 3.8) is 0 Å². The Morgan fingerprint density at radius 1 is 1.02 bits per heavy atom. The number of anilines is 1. The molecule has 2 aliphatic rings. The summed E-state index contributed by atoms with van der Waals surface area (Å²) in [5.41, 5.74) is 4.01. The largest absolute Gasteiger partial charge is 0.393 e. The number of likely N-dealkylation sites (tertiary alicyclic amines) is 1. The lowest BCUT2D eigenvalue weighted by Gasteiger charge is -2.33. The Balaban J connectivity index is 1.07. The summed E-state index contributed by atoms with van der Waals surface area (Å²) in [5.74, 6) is 0.586. The number of hydrogen-bond acceptors (Lipinski definition) is 9. The minimum atomic E-state index is -4.26. The third-order valence-electron chi connectivity index (χ3n) is 9.10. The summed E-state index contributed by atoms with van der Waals surface area (Å²) in [6.07, 6.45) is -0.831. The molecule has 0 spiro atoms. The number of halogens is 3. The predicted octanol–water partition coefficient (Wildman–Crippen LogP) is 4.58. The summed E-state index contributed by atoms with van der Waals surface area (Å²) in [6, 6.07) is 10.3. The van der Waals surface area contributed by atoms with Crippen LogP contribution in [0.15, 0.2) is 30.6 Å². The summed E-state index contributed by atoms with van der Waals surface area (Å²) in [5, 5.41) is 15.1. The smallest absolute Gasteiger partial charge is 0.367 e. The van der Waals surface area contributed by atoms with Crippen LogP contribution in [0.2, 0.25) is 0 Å². The van der Waals surface area contributed by atoms with Gasteiger partial charge in [0, 0.05) is 80.7 Å². The van der Waals surface area contributed by atoms with Crippen LogP contribution < -0.4 is 5.32 Å². The SMILES string of the molecule is Cc1c(CN2CCC(Nc3ncnc4sc(CC(F)(F)F)cc34)CC2)ccc2c1cc(C#N)n2CCN1CCN(S(C)(=O)=O)CC1. The second-order valence-corrected chi connectivity index (χ2v) is 15.3. The molecule has 0 bridgehead atoms. The first kappa shape index (κ1) is 32.6. The number of nitriles is 1. The zero-order valence-corrected chi connectivity index (χ0v) is 27.5. The van der Waals surface area contributed by atoms with Crippen LogP contribution in [-0.4, -0.2) is 101 Å². The fourth-order valence-corrected chi connectivity index (χ4v) is 8.38. The summed E-state index contributed by atoms with van der Waals surface area (Å²) in [7, 11) is -3.18. The molecule has 15 heteroatoms. The Bertz CT molecular complexity index is 1870. The number of aryl methyl sites for hydroxylation is 1. The molecule has 6 rings (SSSR count). The van der Waals surface area contributed by atoms with Gasteiger partial charge in [0.2, 0.25) is 10.0 Å². The molecule has 4 aromatic rings. The highest BCUT2D eigenvalue weighted by molar-refractivity contribution is 7.88. The van der Waals surface area contributed by atoms with E-state index in [1.807, 2.05) is 6.07 Å². The molecule has 2 fully saturated rings. The average molecular weight is 675 g/mol. The number of nitrogens with one attached hydrogen (secondary N) is 1. The van der Waals surface area contributed by atoms with Gasteiger partial charge in [-0.25, -0.2) is 18.4 Å². The molecule has 46 heavy (non-hydrogen) atoms. The molecule has 2 aliphatic heterocycles. The van der Waals surface area contributed by atoms with Gasteiger partial charge in [-0.1, -0.05) is 6.07 Å². The summed E-state index contributed by atoms with van der Waals surface area (Å²) in [4.78, 5) is 14.0. The van der Waals surface area contributed by atoms with Gasteiger partial charge >= 0.3 is 6.18 Å². The number of benzene rings is 1. The van der Waals surface area contributed by atoms with Crippen LogP contribution in [-0.2, 0) is 29.5 Å². The van der Waals surface area contributed by atoms with Gasteiger partial charge in [-0.05, 0) is 49.1 Å². The Kier molecular flexibility index (Phi) is 9.28. The van der Waals surface area contributed by atoms with Crippen LogP contribution in [0, 0.1) is 18.3 Å². The van der Waals surface area contributed by atoms with Gasteiger partial charge in [0.1, 0.15) is 28.7 Å². The van der Waals surface area contributed by atoms with E-state index in [-0.39, 0.29) is 10.9 Å². The zero-order chi connectivity index (χ0) is 32.6. The Morgan fingerprint density at radius 2 is 1.76 bits per heavy atom. The molecule has 0 radical (unpaired) electrons. The Labute approximate surface area is 270 Å². The van der Waals surface area contributed by atoms with Crippen molar-refractivity contribution in [2.75, 3.05) is 57.4 Å². The van der Waals surface area contributed by atoms with Gasteiger partial charge in [-0.15, -0.1) is 11.3 Å². The summed E-state index contributed by atoms with van der Waals surface area (Å²) in [6.45, 7) is 8.32. The molecule has 246 valence electrons. The van der Waals surface area contributed by atoms with E-state index in [9.17, 15) is 26.9 Å². The van der Waals surface area contributed by atoms with E-state index in [0.29, 0.717) is 54.5 Å². The Morgan fingerprint density at radius 3 is 2.43 bits per heavy atom. The molecule has 0 atom stereocenters. The third kappa shape index (κ3) is 7.31. The van der Waals surface area contributed by atoms with Crippen LogP contribution in [0.25, 0.3) is 21.1 Å². The van der Waals surface area contributed by atoms with Crippen molar-refractivity contribution in [1.29, 1.82) is 5.26 Å². The minimum absolute atomic E-state index is 0.158. The number of nitrogens with zero attached hydrogens (tertiary/aromatic N) is 7. The molecule has 0 unspecified atom stereocenters. The van der Waals surface area contributed by atoms with E-state index in [0.717, 1.165) is 66.8 Å². The Hall–Kier alpha value is -3.29. The third-order valence-corrected chi connectivity index (χ3v) is 11.4. The molecule has 2 saturated heterocycles. The summed E-state index contributed by atoms with van der Waals surface area (Å²) < 4.78 is 66.0. The van der Waals surface area contributed by atoms with Crippen LogP contribution >= 0.6 is 11.3 Å². The van der Waals surface area contributed by atoms with Crippen LogP contribution in [0.3, 0.4) is 0 Å². The molecule has 5 heterocycles. The van der Waals surface area contributed by atoms with Crippen molar-refractivity contribution >= 4 is 48.3 Å². The highest BCUT2D eigenvalue weighted by atomic mass is 32.2. The highest BCUT2D eigenvalue weighted by Crippen LogP contribution is 2.33. The minimum Gasteiger partial charge on any atom is -0.367 e. The monoisotopic (exact) mass is 674 g/mol. The number of rotatable bonds is 9. The lowest BCUT2D eigenvalue weighted by atomic mass is 10.0. The van der Waals surface area contributed by atoms with Crippen molar-refractivity contribution in [2.24, 2.45) is 0 Å².